The molecule has 1 unspecified atom stereocenters. The van der Waals surface area contributed by atoms with Crippen LogP contribution < -0.4 is 0 Å². The normalized spacial score (nSPS) is 25.2. The molecule has 0 bridgehead atoms. The predicted octanol–water partition coefficient (Wildman–Crippen LogP) is 2.86. The molecule has 5 rings (SSSR count). The standard InChI is InChI=1S/C23H27N3O2/c1-23(28)21-7-10-24-14-20(21)22(27)26(23)15-16-5-6-17-8-11-25(19-3-2-4-19)12-9-18(17)13-16/h5-7,10,13-14,19,28H,2-4,8-9,11-12,15H2,1H3. The Morgan fingerprint density at radius 3 is 2.68 bits per heavy atom. The van der Waals surface area contributed by atoms with Crippen LogP contribution >= 0.6 is 0 Å². The number of pyridine rings is 1. The van der Waals surface area contributed by atoms with Crippen LogP contribution in [0.3, 0.4) is 0 Å². The van der Waals surface area contributed by atoms with E-state index in [9.17, 15) is 9.90 Å². The van der Waals surface area contributed by atoms with Crippen molar-refractivity contribution in [2.45, 2.75) is 57.3 Å². The maximum absolute atomic E-state index is 12.8. The second kappa shape index (κ2) is 6.68. The summed E-state index contributed by atoms with van der Waals surface area (Å²) >= 11 is 0. The SMILES string of the molecule is CC1(O)c2ccncc2C(=O)N1Cc1ccc2c(c1)CCN(C1CCC1)CC2. The summed E-state index contributed by atoms with van der Waals surface area (Å²) in [5, 5.41) is 11.0. The monoisotopic (exact) mass is 377 g/mol. The summed E-state index contributed by atoms with van der Waals surface area (Å²) in [4.78, 5) is 21.1. The molecular formula is C23H27N3O2. The van der Waals surface area contributed by atoms with E-state index >= 15 is 0 Å². The molecule has 5 heteroatoms. The molecule has 5 nitrogen and oxygen atoms in total. The average Bonchev–Trinajstić information content (AvgIpc) is 2.79. The van der Waals surface area contributed by atoms with Crippen LogP contribution in [0.15, 0.2) is 36.7 Å². The molecule has 28 heavy (non-hydrogen) atoms. The maximum atomic E-state index is 12.8. The Morgan fingerprint density at radius 2 is 1.96 bits per heavy atom. The Morgan fingerprint density at radius 1 is 1.18 bits per heavy atom. The van der Waals surface area contributed by atoms with Crippen molar-refractivity contribution >= 4 is 5.91 Å². The van der Waals surface area contributed by atoms with Gasteiger partial charge in [0.05, 0.1) is 5.56 Å². The first kappa shape index (κ1) is 17.8. The van der Waals surface area contributed by atoms with Crippen LogP contribution in [0.2, 0.25) is 0 Å². The Bertz CT molecular complexity index is 920. The highest BCUT2D eigenvalue weighted by Gasteiger charge is 2.45. The minimum absolute atomic E-state index is 0.154. The van der Waals surface area contributed by atoms with E-state index in [0.29, 0.717) is 17.7 Å². The zero-order valence-corrected chi connectivity index (χ0v) is 16.4. The predicted molar refractivity (Wildman–Crippen MR) is 107 cm³/mol. The zero-order valence-electron chi connectivity index (χ0n) is 16.4. The molecular weight excluding hydrogens is 350 g/mol. The number of nitrogens with zero attached hydrogens (tertiary/aromatic N) is 3. The van der Waals surface area contributed by atoms with Gasteiger partial charge in [-0.2, -0.15) is 0 Å². The third-order valence-electron chi connectivity index (χ3n) is 6.87. The molecule has 146 valence electrons. The van der Waals surface area contributed by atoms with Gasteiger partial charge in [0.15, 0.2) is 5.72 Å². The average molecular weight is 377 g/mol. The van der Waals surface area contributed by atoms with E-state index < -0.39 is 5.72 Å². The van der Waals surface area contributed by atoms with Crippen LogP contribution in [0, 0.1) is 0 Å². The van der Waals surface area contributed by atoms with Crippen LogP contribution in [0.1, 0.15) is 58.8 Å². The van der Waals surface area contributed by atoms with Crippen molar-refractivity contribution < 1.29 is 9.90 Å². The van der Waals surface area contributed by atoms with E-state index in [1.165, 1.54) is 30.4 Å². The smallest absolute Gasteiger partial charge is 0.258 e. The number of hydrogen-bond acceptors (Lipinski definition) is 4. The lowest BCUT2D eigenvalue weighted by Gasteiger charge is -2.36. The lowest BCUT2D eigenvalue weighted by atomic mass is 9.91. The number of hydrogen-bond donors (Lipinski definition) is 1. The van der Waals surface area contributed by atoms with Gasteiger partial charge in [-0.15, -0.1) is 0 Å². The molecule has 1 atom stereocenters. The molecule has 1 aliphatic carbocycles. The quantitative estimate of drug-likeness (QED) is 0.894. The minimum Gasteiger partial charge on any atom is -0.367 e. The van der Waals surface area contributed by atoms with Gasteiger partial charge >= 0.3 is 0 Å². The molecule has 2 aromatic rings. The first-order valence-corrected chi connectivity index (χ1v) is 10.4. The van der Waals surface area contributed by atoms with Gasteiger partial charge in [0.2, 0.25) is 0 Å². The summed E-state index contributed by atoms with van der Waals surface area (Å²) in [6.07, 6.45) is 9.42. The molecule has 3 heterocycles. The Kier molecular flexibility index (Phi) is 4.25. The molecule has 1 aromatic heterocycles. The largest absolute Gasteiger partial charge is 0.367 e. The lowest BCUT2D eigenvalue weighted by molar-refractivity contribution is -0.0727. The number of aliphatic hydroxyl groups is 1. The van der Waals surface area contributed by atoms with E-state index in [4.69, 9.17) is 0 Å². The second-order valence-electron chi connectivity index (χ2n) is 8.56. The van der Waals surface area contributed by atoms with Crippen LogP contribution in [-0.2, 0) is 25.1 Å². The van der Waals surface area contributed by atoms with Crippen molar-refractivity contribution in [3.63, 3.8) is 0 Å². The van der Waals surface area contributed by atoms with E-state index in [2.05, 4.69) is 28.1 Å². The highest BCUT2D eigenvalue weighted by atomic mass is 16.3. The topological polar surface area (TPSA) is 56.7 Å². The fourth-order valence-corrected chi connectivity index (χ4v) is 4.89. The first-order chi connectivity index (χ1) is 13.5. The Hall–Kier alpha value is -2.24. The molecule has 1 aromatic carbocycles. The minimum atomic E-state index is -1.30. The molecule has 1 saturated carbocycles. The van der Waals surface area contributed by atoms with Gasteiger partial charge in [0, 0.05) is 43.6 Å². The molecule has 2 aliphatic heterocycles. The third-order valence-corrected chi connectivity index (χ3v) is 6.87. The zero-order chi connectivity index (χ0) is 19.3. The van der Waals surface area contributed by atoms with E-state index in [-0.39, 0.29) is 5.91 Å². The van der Waals surface area contributed by atoms with Crippen LogP contribution in [0.5, 0.6) is 0 Å². The van der Waals surface area contributed by atoms with Gasteiger partial charge < -0.3 is 10.0 Å². The van der Waals surface area contributed by atoms with Crippen LogP contribution in [-0.4, -0.2) is 44.9 Å². The summed E-state index contributed by atoms with van der Waals surface area (Å²) in [5.41, 5.74) is 3.73. The summed E-state index contributed by atoms with van der Waals surface area (Å²) in [6.45, 7) is 4.37. The van der Waals surface area contributed by atoms with Crippen LogP contribution in [0.25, 0.3) is 0 Å². The highest BCUT2D eigenvalue weighted by molar-refractivity contribution is 5.99. The summed E-state index contributed by atoms with van der Waals surface area (Å²) < 4.78 is 0. The first-order valence-electron chi connectivity index (χ1n) is 10.4. The van der Waals surface area contributed by atoms with Gasteiger partial charge in [-0.1, -0.05) is 24.6 Å². The number of amides is 1. The number of aromatic nitrogens is 1. The molecule has 1 fully saturated rings. The number of benzene rings is 1. The third kappa shape index (κ3) is 2.85. The van der Waals surface area contributed by atoms with Gasteiger partial charge in [0.1, 0.15) is 0 Å². The molecule has 3 aliphatic rings. The molecule has 0 saturated heterocycles. The summed E-state index contributed by atoms with van der Waals surface area (Å²) in [7, 11) is 0. The molecule has 0 spiro atoms. The number of fused-ring (bicyclic) bond motifs is 2. The lowest BCUT2D eigenvalue weighted by Crippen LogP contribution is -2.41. The highest BCUT2D eigenvalue weighted by Crippen LogP contribution is 2.37. The van der Waals surface area contributed by atoms with E-state index in [0.717, 1.165) is 37.5 Å². The summed E-state index contributed by atoms with van der Waals surface area (Å²) in [5.74, 6) is -0.154. The van der Waals surface area contributed by atoms with Gasteiger partial charge in [-0.3, -0.25) is 14.7 Å². The van der Waals surface area contributed by atoms with Crippen molar-refractivity contribution in [1.82, 2.24) is 14.8 Å². The van der Waals surface area contributed by atoms with Crippen molar-refractivity contribution in [2.75, 3.05) is 13.1 Å². The maximum Gasteiger partial charge on any atom is 0.258 e. The van der Waals surface area contributed by atoms with E-state index in [1.54, 1.807) is 30.3 Å². The fraction of sp³-hybridized carbons (Fsp3) is 0.478. The van der Waals surface area contributed by atoms with Crippen molar-refractivity contribution in [3.05, 3.63) is 64.5 Å². The second-order valence-corrected chi connectivity index (χ2v) is 8.56. The number of rotatable bonds is 3. The van der Waals surface area contributed by atoms with Gasteiger partial charge in [-0.25, -0.2) is 0 Å². The Balaban J connectivity index is 1.36. The fourth-order valence-electron chi connectivity index (χ4n) is 4.89. The molecule has 1 amide bonds. The van der Waals surface area contributed by atoms with E-state index in [1.807, 2.05) is 0 Å². The van der Waals surface area contributed by atoms with Gasteiger partial charge in [-0.05, 0) is 55.4 Å². The molecule has 1 N–H and O–H groups in total. The van der Waals surface area contributed by atoms with Crippen molar-refractivity contribution in [2.24, 2.45) is 0 Å². The Labute approximate surface area is 166 Å². The van der Waals surface area contributed by atoms with Crippen molar-refractivity contribution in [1.29, 1.82) is 0 Å². The summed E-state index contributed by atoms with van der Waals surface area (Å²) in [6, 6.07) is 9.10. The molecule has 0 radical (unpaired) electrons. The van der Waals surface area contributed by atoms with Crippen molar-refractivity contribution in [3.8, 4) is 0 Å². The van der Waals surface area contributed by atoms with Gasteiger partial charge in [0.25, 0.3) is 5.91 Å². The number of carbonyl (C=O) groups is 1. The van der Waals surface area contributed by atoms with Crippen LogP contribution in [0.4, 0.5) is 0 Å². The number of carbonyl (C=O) groups excluding carboxylic acids is 1.